The first-order valence-corrected chi connectivity index (χ1v) is 11.4. The number of rotatable bonds is 8. The maximum absolute atomic E-state index is 12.9. The molecule has 0 aliphatic heterocycles. The SMILES string of the molecule is Cc1cc(CNC(=O)c2ccc(C(F)(F)F)cc2C)cc(Oc2ccc(OC(C)(C)C(=O)O)c(C)c2)c1. The van der Waals surface area contributed by atoms with Crippen LogP contribution in [0.1, 0.15) is 52.0 Å². The van der Waals surface area contributed by atoms with E-state index in [1.807, 2.05) is 19.1 Å². The summed E-state index contributed by atoms with van der Waals surface area (Å²) in [6.07, 6.45) is -4.47. The summed E-state index contributed by atoms with van der Waals surface area (Å²) in [6, 6.07) is 13.5. The number of carboxylic acids is 1. The molecule has 196 valence electrons. The summed E-state index contributed by atoms with van der Waals surface area (Å²) in [4.78, 5) is 23.9. The third-order valence-electron chi connectivity index (χ3n) is 5.62. The van der Waals surface area contributed by atoms with Gasteiger partial charge in [0, 0.05) is 12.1 Å². The zero-order valence-corrected chi connectivity index (χ0v) is 21.1. The lowest BCUT2D eigenvalue weighted by Crippen LogP contribution is -2.38. The van der Waals surface area contributed by atoms with Gasteiger partial charge in [0.25, 0.3) is 5.91 Å². The van der Waals surface area contributed by atoms with E-state index in [9.17, 15) is 27.9 Å². The van der Waals surface area contributed by atoms with E-state index in [1.54, 1.807) is 31.2 Å². The molecule has 1 amide bonds. The largest absolute Gasteiger partial charge is 0.478 e. The standard InChI is InChI=1S/C28H28F3NO5/c1-16-10-19(15-32-25(33)23-8-6-20(12-17(23)2)28(29,30)31)14-22(11-16)36-21-7-9-24(18(3)13-21)37-27(4,5)26(34)35/h6-14H,15H2,1-5H3,(H,32,33)(H,34,35). The van der Waals surface area contributed by atoms with Gasteiger partial charge < -0.3 is 19.9 Å². The number of carbonyl (C=O) groups is 2. The summed E-state index contributed by atoms with van der Waals surface area (Å²) >= 11 is 0. The fourth-order valence-corrected chi connectivity index (χ4v) is 3.61. The van der Waals surface area contributed by atoms with E-state index in [-0.39, 0.29) is 17.7 Å². The van der Waals surface area contributed by atoms with Crippen molar-refractivity contribution >= 4 is 11.9 Å². The lowest BCUT2D eigenvalue weighted by atomic mass is 10.0. The van der Waals surface area contributed by atoms with Gasteiger partial charge in [-0.3, -0.25) is 4.79 Å². The van der Waals surface area contributed by atoms with Crippen molar-refractivity contribution in [1.82, 2.24) is 5.32 Å². The molecule has 3 aromatic carbocycles. The predicted octanol–water partition coefficient (Wildman–Crippen LogP) is 6.59. The molecule has 6 nitrogen and oxygen atoms in total. The molecule has 0 aliphatic rings. The molecule has 0 radical (unpaired) electrons. The van der Waals surface area contributed by atoms with Gasteiger partial charge in [-0.1, -0.05) is 6.07 Å². The molecule has 0 aromatic heterocycles. The number of halogens is 3. The second-order valence-electron chi connectivity index (χ2n) is 9.31. The molecule has 0 atom stereocenters. The highest BCUT2D eigenvalue weighted by Crippen LogP contribution is 2.32. The van der Waals surface area contributed by atoms with Crippen molar-refractivity contribution in [3.8, 4) is 17.2 Å². The van der Waals surface area contributed by atoms with E-state index in [0.29, 0.717) is 22.8 Å². The van der Waals surface area contributed by atoms with Crippen molar-refractivity contribution < 1.29 is 37.3 Å². The summed E-state index contributed by atoms with van der Waals surface area (Å²) in [6.45, 7) is 8.18. The van der Waals surface area contributed by atoms with Crippen molar-refractivity contribution in [3.05, 3.63) is 88.0 Å². The minimum absolute atomic E-state index is 0.146. The molecule has 0 bridgehead atoms. The summed E-state index contributed by atoms with van der Waals surface area (Å²) < 4.78 is 50.3. The molecule has 0 unspecified atom stereocenters. The van der Waals surface area contributed by atoms with Crippen LogP contribution in [0.3, 0.4) is 0 Å². The van der Waals surface area contributed by atoms with Crippen LogP contribution in [0.2, 0.25) is 0 Å². The van der Waals surface area contributed by atoms with Crippen molar-refractivity contribution in [2.45, 2.75) is 52.9 Å². The molecule has 3 aromatic rings. The quantitative estimate of drug-likeness (QED) is 0.353. The molecular formula is C28H28F3NO5. The van der Waals surface area contributed by atoms with Crippen LogP contribution >= 0.6 is 0 Å². The number of aliphatic carboxylic acids is 1. The van der Waals surface area contributed by atoms with Gasteiger partial charge in [0.05, 0.1) is 5.56 Å². The molecule has 0 heterocycles. The van der Waals surface area contributed by atoms with Gasteiger partial charge in [-0.05, 0) is 105 Å². The Morgan fingerprint density at radius 3 is 2.19 bits per heavy atom. The van der Waals surface area contributed by atoms with Gasteiger partial charge in [-0.15, -0.1) is 0 Å². The lowest BCUT2D eigenvalue weighted by molar-refractivity contribution is -0.152. The van der Waals surface area contributed by atoms with Gasteiger partial charge in [0.1, 0.15) is 17.2 Å². The Balaban J connectivity index is 1.70. The number of aryl methyl sites for hydroxylation is 3. The number of hydrogen-bond donors (Lipinski definition) is 2. The van der Waals surface area contributed by atoms with Crippen molar-refractivity contribution in [2.75, 3.05) is 0 Å². The fraction of sp³-hybridized carbons (Fsp3) is 0.286. The Bertz CT molecular complexity index is 1330. The minimum atomic E-state index is -4.47. The van der Waals surface area contributed by atoms with Crippen LogP contribution in [0.15, 0.2) is 54.6 Å². The third kappa shape index (κ3) is 7.03. The normalized spacial score (nSPS) is 11.7. The minimum Gasteiger partial charge on any atom is -0.478 e. The van der Waals surface area contributed by atoms with Gasteiger partial charge in [-0.2, -0.15) is 13.2 Å². The van der Waals surface area contributed by atoms with Crippen LogP contribution in [0, 0.1) is 20.8 Å². The smallest absolute Gasteiger partial charge is 0.416 e. The summed E-state index contributed by atoms with van der Waals surface area (Å²) in [5, 5.41) is 12.0. The van der Waals surface area contributed by atoms with Crippen LogP contribution in [-0.2, 0) is 17.5 Å². The van der Waals surface area contributed by atoms with Gasteiger partial charge in [-0.25, -0.2) is 4.79 Å². The number of nitrogens with one attached hydrogen (secondary N) is 1. The average Bonchev–Trinajstić information content (AvgIpc) is 2.78. The number of carbonyl (C=O) groups excluding carboxylic acids is 1. The number of carboxylic acid groups (broad SMARTS) is 1. The molecule has 0 saturated heterocycles. The number of benzene rings is 3. The molecular weight excluding hydrogens is 487 g/mol. The first-order valence-electron chi connectivity index (χ1n) is 11.4. The number of amides is 1. The predicted molar refractivity (Wildman–Crippen MR) is 132 cm³/mol. The first-order chi connectivity index (χ1) is 17.2. The van der Waals surface area contributed by atoms with Gasteiger partial charge >= 0.3 is 12.1 Å². The Kier molecular flexibility index (Phi) is 7.86. The van der Waals surface area contributed by atoms with E-state index in [0.717, 1.165) is 23.3 Å². The van der Waals surface area contributed by atoms with E-state index in [1.165, 1.54) is 26.8 Å². The lowest BCUT2D eigenvalue weighted by Gasteiger charge is -2.23. The maximum Gasteiger partial charge on any atom is 0.416 e. The van der Waals surface area contributed by atoms with Gasteiger partial charge in [0.2, 0.25) is 0 Å². The molecule has 0 saturated carbocycles. The average molecular weight is 516 g/mol. The molecule has 0 fully saturated rings. The highest BCUT2D eigenvalue weighted by Gasteiger charge is 2.31. The molecule has 9 heteroatoms. The van der Waals surface area contributed by atoms with E-state index in [4.69, 9.17) is 9.47 Å². The molecule has 3 rings (SSSR count). The van der Waals surface area contributed by atoms with Crippen molar-refractivity contribution in [3.63, 3.8) is 0 Å². The molecule has 37 heavy (non-hydrogen) atoms. The zero-order chi connectivity index (χ0) is 27.5. The monoisotopic (exact) mass is 515 g/mol. The maximum atomic E-state index is 12.9. The Hall–Kier alpha value is -4.01. The topological polar surface area (TPSA) is 84.9 Å². The fourth-order valence-electron chi connectivity index (χ4n) is 3.61. The van der Waals surface area contributed by atoms with Crippen LogP contribution < -0.4 is 14.8 Å². The van der Waals surface area contributed by atoms with Crippen LogP contribution in [0.5, 0.6) is 17.2 Å². The molecule has 0 spiro atoms. The van der Waals surface area contributed by atoms with E-state index >= 15 is 0 Å². The number of ether oxygens (including phenoxy) is 2. The van der Waals surface area contributed by atoms with Crippen LogP contribution in [0.4, 0.5) is 13.2 Å². The van der Waals surface area contributed by atoms with Gasteiger partial charge in [0.15, 0.2) is 5.60 Å². The number of hydrogen-bond acceptors (Lipinski definition) is 4. The van der Waals surface area contributed by atoms with Crippen molar-refractivity contribution in [1.29, 1.82) is 0 Å². The van der Waals surface area contributed by atoms with Crippen LogP contribution in [0.25, 0.3) is 0 Å². The Labute approximate surface area is 213 Å². The first kappa shape index (κ1) is 27.6. The Morgan fingerprint density at radius 2 is 1.59 bits per heavy atom. The highest BCUT2D eigenvalue weighted by molar-refractivity contribution is 5.95. The molecule has 2 N–H and O–H groups in total. The second kappa shape index (κ2) is 10.5. The van der Waals surface area contributed by atoms with E-state index < -0.39 is 29.2 Å². The van der Waals surface area contributed by atoms with Crippen LogP contribution in [-0.4, -0.2) is 22.6 Å². The zero-order valence-electron chi connectivity index (χ0n) is 21.1. The summed E-state index contributed by atoms with van der Waals surface area (Å²) in [5.74, 6) is -0.107. The van der Waals surface area contributed by atoms with E-state index in [2.05, 4.69) is 5.32 Å². The highest BCUT2D eigenvalue weighted by atomic mass is 19.4. The van der Waals surface area contributed by atoms with Crippen molar-refractivity contribution in [2.24, 2.45) is 0 Å². The molecule has 0 aliphatic carbocycles. The third-order valence-corrected chi connectivity index (χ3v) is 5.62. The Morgan fingerprint density at radius 1 is 0.892 bits per heavy atom. The number of alkyl halides is 3. The second-order valence-corrected chi connectivity index (χ2v) is 9.31. The summed E-state index contributed by atoms with van der Waals surface area (Å²) in [5.41, 5.74) is 0.527. The summed E-state index contributed by atoms with van der Waals surface area (Å²) in [7, 11) is 0.